The Labute approximate surface area is 170 Å². The molecule has 3 fully saturated rings. The van der Waals surface area contributed by atoms with Gasteiger partial charge in [0, 0.05) is 15.4 Å². The summed E-state index contributed by atoms with van der Waals surface area (Å²) >= 11 is 4.46. The quantitative estimate of drug-likeness (QED) is 0.467. The molecule has 1 heterocycles. The van der Waals surface area contributed by atoms with E-state index in [-0.39, 0.29) is 0 Å². The van der Waals surface area contributed by atoms with Crippen LogP contribution in [0, 0.1) is 3.57 Å². The van der Waals surface area contributed by atoms with E-state index in [9.17, 15) is 0 Å². The molecule has 1 saturated heterocycles. The van der Waals surface area contributed by atoms with Crippen LogP contribution in [0.15, 0.2) is 23.2 Å². The van der Waals surface area contributed by atoms with E-state index in [2.05, 4.69) is 52.6 Å². The van der Waals surface area contributed by atoms with E-state index < -0.39 is 0 Å². The Morgan fingerprint density at radius 3 is 2.68 bits per heavy atom. The van der Waals surface area contributed by atoms with Gasteiger partial charge in [-0.3, -0.25) is 0 Å². The highest BCUT2D eigenvalue weighted by atomic mass is 127. The fourth-order valence-corrected chi connectivity index (χ4v) is 7.01. The summed E-state index contributed by atoms with van der Waals surface area (Å²) in [5, 5.41) is 1.33. The molecule has 0 aromatic heterocycles. The maximum Gasteiger partial charge on any atom is 0.165 e. The van der Waals surface area contributed by atoms with Crippen LogP contribution in [0.2, 0.25) is 0 Å². The minimum Gasteiger partial charge on any atom is -0.342 e. The largest absolute Gasteiger partial charge is 0.342 e. The van der Waals surface area contributed by atoms with Gasteiger partial charge in [0.15, 0.2) is 5.17 Å². The molecule has 4 rings (SSSR count). The van der Waals surface area contributed by atoms with Gasteiger partial charge in [0.2, 0.25) is 0 Å². The normalized spacial score (nSPS) is 24.9. The van der Waals surface area contributed by atoms with Crippen LogP contribution in [0.1, 0.15) is 70.3 Å². The Kier molecular flexibility index (Phi) is 5.66. The van der Waals surface area contributed by atoms with Crippen LogP contribution in [0.25, 0.3) is 0 Å². The van der Waals surface area contributed by atoms with Crippen LogP contribution in [0.3, 0.4) is 0 Å². The maximum atomic E-state index is 5.26. The summed E-state index contributed by atoms with van der Waals surface area (Å²) < 4.78 is 1.32. The summed E-state index contributed by atoms with van der Waals surface area (Å²) in [6.07, 6.45) is 13.4. The van der Waals surface area contributed by atoms with Crippen LogP contribution in [0.4, 0.5) is 5.69 Å². The van der Waals surface area contributed by atoms with Crippen molar-refractivity contribution in [2.75, 3.05) is 5.75 Å². The van der Waals surface area contributed by atoms with Crippen LogP contribution in [-0.4, -0.2) is 27.4 Å². The van der Waals surface area contributed by atoms with Gasteiger partial charge in [-0.15, -0.1) is 0 Å². The lowest BCUT2D eigenvalue weighted by molar-refractivity contribution is 0.163. The van der Waals surface area contributed by atoms with Gasteiger partial charge in [0.25, 0.3) is 0 Å². The topological polar surface area (TPSA) is 15.6 Å². The molecule has 1 aliphatic heterocycles. The molecule has 1 aromatic carbocycles. The third-order valence-corrected chi connectivity index (χ3v) is 8.09. The van der Waals surface area contributed by atoms with Crippen molar-refractivity contribution in [2.45, 2.75) is 82.7 Å². The predicted octanol–water partition coefficient (Wildman–Crippen LogP) is 6.54. The monoisotopic (exact) mass is 468 g/mol. The zero-order valence-corrected chi connectivity index (χ0v) is 18.2. The van der Waals surface area contributed by atoms with Gasteiger partial charge >= 0.3 is 0 Å². The summed E-state index contributed by atoms with van der Waals surface area (Å²) in [6, 6.07) is 7.52. The molecule has 0 amide bonds. The SMILES string of the molecule is CCCc1cc(I)ccc1/N=C1/SCC2(CCCC2)N1C1CCCC1. The lowest BCUT2D eigenvalue weighted by atomic mass is 9.95. The van der Waals surface area contributed by atoms with Gasteiger partial charge in [-0.05, 0) is 78.5 Å². The molecular formula is C21H29IN2S. The van der Waals surface area contributed by atoms with Crippen molar-refractivity contribution in [2.24, 2.45) is 4.99 Å². The fourth-order valence-electron chi connectivity index (χ4n) is 4.99. The summed E-state index contributed by atoms with van der Waals surface area (Å²) in [4.78, 5) is 8.08. The van der Waals surface area contributed by atoms with Gasteiger partial charge < -0.3 is 4.90 Å². The minimum absolute atomic E-state index is 0.423. The predicted molar refractivity (Wildman–Crippen MR) is 118 cm³/mol. The second-order valence-electron chi connectivity index (χ2n) is 7.95. The molecule has 2 nitrogen and oxygen atoms in total. The van der Waals surface area contributed by atoms with Crippen LogP contribution in [0.5, 0.6) is 0 Å². The highest BCUT2D eigenvalue weighted by molar-refractivity contribution is 14.1. The molecule has 0 radical (unpaired) electrons. The van der Waals surface area contributed by atoms with E-state index in [0.717, 1.165) is 12.5 Å². The van der Waals surface area contributed by atoms with Crippen molar-refractivity contribution < 1.29 is 0 Å². The number of aryl methyl sites for hydroxylation is 1. The van der Waals surface area contributed by atoms with Crippen molar-refractivity contribution >= 4 is 45.2 Å². The Hall–Kier alpha value is -0.230. The van der Waals surface area contributed by atoms with Crippen LogP contribution in [-0.2, 0) is 6.42 Å². The summed E-state index contributed by atoms with van der Waals surface area (Å²) in [5.74, 6) is 1.26. The molecule has 2 aliphatic carbocycles. The highest BCUT2D eigenvalue weighted by Gasteiger charge is 2.49. The Balaban J connectivity index is 1.69. The van der Waals surface area contributed by atoms with Crippen LogP contribution < -0.4 is 0 Å². The van der Waals surface area contributed by atoms with Crippen molar-refractivity contribution in [1.29, 1.82) is 0 Å². The van der Waals surface area contributed by atoms with E-state index in [0.29, 0.717) is 5.54 Å². The average molecular weight is 468 g/mol. The molecule has 1 spiro atoms. The van der Waals surface area contributed by atoms with Gasteiger partial charge in [-0.2, -0.15) is 0 Å². The molecule has 136 valence electrons. The molecular weight excluding hydrogens is 439 g/mol. The van der Waals surface area contributed by atoms with Crippen molar-refractivity contribution in [1.82, 2.24) is 4.90 Å². The summed E-state index contributed by atoms with van der Waals surface area (Å²) in [6.45, 7) is 2.26. The average Bonchev–Trinajstić information content (AvgIpc) is 3.33. The number of halogens is 1. The fraction of sp³-hybridized carbons (Fsp3) is 0.667. The van der Waals surface area contributed by atoms with E-state index in [4.69, 9.17) is 4.99 Å². The Morgan fingerprint density at radius 1 is 1.20 bits per heavy atom. The van der Waals surface area contributed by atoms with Gasteiger partial charge in [0.05, 0.1) is 11.2 Å². The number of rotatable bonds is 4. The molecule has 25 heavy (non-hydrogen) atoms. The molecule has 2 saturated carbocycles. The van der Waals surface area contributed by atoms with Crippen molar-refractivity contribution in [3.8, 4) is 0 Å². The molecule has 4 heteroatoms. The highest BCUT2D eigenvalue weighted by Crippen LogP contribution is 2.48. The second-order valence-corrected chi connectivity index (χ2v) is 10.1. The first kappa shape index (κ1) is 18.1. The first-order valence-electron chi connectivity index (χ1n) is 10.0. The van der Waals surface area contributed by atoms with E-state index in [1.165, 1.54) is 83.5 Å². The number of benzene rings is 1. The Morgan fingerprint density at radius 2 is 1.96 bits per heavy atom. The summed E-state index contributed by atoms with van der Waals surface area (Å²) in [5.41, 5.74) is 3.05. The second kappa shape index (κ2) is 7.79. The Bertz CT molecular complexity index is 645. The molecule has 0 bridgehead atoms. The van der Waals surface area contributed by atoms with Crippen molar-refractivity contribution in [3.05, 3.63) is 27.3 Å². The van der Waals surface area contributed by atoms with Gasteiger partial charge in [-0.1, -0.05) is 50.8 Å². The van der Waals surface area contributed by atoms with Gasteiger partial charge in [0.1, 0.15) is 0 Å². The first-order valence-corrected chi connectivity index (χ1v) is 12.1. The first-order chi connectivity index (χ1) is 12.2. The smallest absolute Gasteiger partial charge is 0.165 e. The van der Waals surface area contributed by atoms with Crippen molar-refractivity contribution in [3.63, 3.8) is 0 Å². The third-order valence-electron chi connectivity index (χ3n) is 6.19. The zero-order chi connectivity index (χ0) is 17.3. The number of amidine groups is 1. The zero-order valence-electron chi connectivity index (χ0n) is 15.3. The molecule has 0 N–H and O–H groups in total. The third kappa shape index (κ3) is 3.62. The standard InChI is InChI=1S/C21H29IN2S/c1-2-7-16-14-17(22)10-11-19(16)23-20-24(18-8-3-4-9-18)21(15-25-20)12-5-6-13-21/h10-11,14,18H,2-9,12-13,15H2,1H3/b23-20+. The van der Waals surface area contributed by atoms with E-state index >= 15 is 0 Å². The minimum atomic E-state index is 0.423. The van der Waals surface area contributed by atoms with E-state index in [1.807, 2.05) is 11.8 Å². The number of hydrogen-bond donors (Lipinski definition) is 0. The maximum absolute atomic E-state index is 5.26. The number of nitrogens with zero attached hydrogens (tertiary/aromatic N) is 2. The lowest BCUT2D eigenvalue weighted by Gasteiger charge is -2.40. The molecule has 1 aromatic rings. The number of aliphatic imine (C=N–C) groups is 1. The molecule has 3 aliphatic rings. The number of thioether (sulfide) groups is 1. The molecule has 0 unspecified atom stereocenters. The number of hydrogen-bond acceptors (Lipinski definition) is 2. The van der Waals surface area contributed by atoms with Crippen LogP contribution >= 0.6 is 34.4 Å². The molecule has 0 atom stereocenters. The van der Waals surface area contributed by atoms with Gasteiger partial charge in [-0.25, -0.2) is 4.99 Å². The summed E-state index contributed by atoms with van der Waals surface area (Å²) in [7, 11) is 0. The van der Waals surface area contributed by atoms with E-state index in [1.54, 1.807) is 0 Å². The lowest BCUT2D eigenvalue weighted by Crippen LogP contribution is -2.50.